The van der Waals surface area contributed by atoms with Gasteiger partial charge < -0.3 is 9.88 Å². The van der Waals surface area contributed by atoms with Crippen LogP contribution in [0.3, 0.4) is 0 Å². The lowest BCUT2D eigenvalue weighted by atomic mass is 10.1. The van der Waals surface area contributed by atoms with E-state index in [4.69, 9.17) is 4.98 Å². The van der Waals surface area contributed by atoms with Gasteiger partial charge in [-0.2, -0.15) is 0 Å². The first-order chi connectivity index (χ1) is 13.7. The van der Waals surface area contributed by atoms with Gasteiger partial charge in [0.15, 0.2) is 0 Å². The lowest BCUT2D eigenvalue weighted by Gasteiger charge is -2.11. The van der Waals surface area contributed by atoms with E-state index in [-0.39, 0.29) is 5.91 Å². The van der Waals surface area contributed by atoms with Crippen molar-refractivity contribution in [1.82, 2.24) is 14.9 Å². The van der Waals surface area contributed by atoms with Crippen LogP contribution in [0.25, 0.3) is 11.0 Å². The number of rotatable bonds is 6. The third-order valence-electron chi connectivity index (χ3n) is 4.87. The number of nitrogens with zero attached hydrogens (tertiary/aromatic N) is 2. The molecule has 0 aliphatic carbocycles. The Morgan fingerprint density at radius 3 is 2.43 bits per heavy atom. The maximum Gasteiger partial charge on any atom is 0.251 e. The number of aryl methyl sites for hydroxylation is 1. The Kier molecular flexibility index (Phi) is 5.20. The highest BCUT2D eigenvalue weighted by Crippen LogP contribution is 2.18. The summed E-state index contributed by atoms with van der Waals surface area (Å²) in [6, 6.07) is 26.1. The monoisotopic (exact) mass is 369 g/mol. The number of para-hydroxylation sites is 2. The van der Waals surface area contributed by atoms with Gasteiger partial charge in [0.25, 0.3) is 5.91 Å². The molecule has 0 bridgehead atoms. The number of carbonyl (C=O) groups is 1. The van der Waals surface area contributed by atoms with Gasteiger partial charge in [-0.1, -0.05) is 60.2 Å². The SMILES string of the molecule is Cc1ccc(Cn2c(CCNC(=O)c3ccccc3)nc3ccccc32)cc1. The van der Waals surface area contributed by atoms with Gasteiger partial charge in [-0.25, -0.2) is 4.98 Å². The number of aromatic nitrogens is 2. The first-order valence-corrected chi connectivity index (χ1v) is 9.53. The van der Waals surface area contributed by atoms with Crippen LogP contribution in [0.2, 0.25) is 0 Å². The Hall–Kier alpha value is -3.40. The van der Waals surface area contributed by atoms with Gasteiger partial charge in [0.1, 0.15) is 5.82 Å². The second kappa shape index (κ2) is 8.09. The topological polar surface area (TPSA) is 46.9 Å². The largest absolute Gasteiger partial charge is 0.352 e. The molecule has 28 heavy (non-hydrogen) atoms. The van der Waals surface area contributed by atoms with Crippen molar-refractivity contribution in [3.8, 4) is 0 Å². The molecule has 0 saturated heterocycles. The van der Waals surface area contributed by atoms with Crippen molar-refractivity contribution in [3.05, 3.63) is 101 Å². The maximum absolute atomic E-state index is 12.3. The van der Waals surface area contributed by atoms with Crippen LogP contribution < -0.4 is 5.32 Å². The number of carbonyl (C=O) groups excluding carboxylic acids is 1. The van der Waals surface area contributed by atoms with Crippen molar-refractivity contribution < 1.29 is 4.79 Å². The van der Waals surface area contributed by atoms with Gasteiger partial charge in [-0.15, -0.1) is 0 Å². The highest BCUT2D eigenvalue weighted by molar-refractivity contribution is 5.94. The number of benzene rings is 3. The zero-order valence-electron chi connectivity index (χ0n) is 15.9. The van der Waals surface area contributed by atoms with Crippen LogP contribution in [0, 0.1) is 6.92 Å². The van der Waals surface area contributed by atoms with Gasteiger partial charge in [-0.05, 0) is 36.8 Å². The van der Waals surface area contributed by atoms with Crippen LogP contribution in [0.4, 0.5) is 0 Å². The third-order valence-corrected chi connectivity index (χ3v) is 4.87. The van der Waals surface area contributed by atoms with E-state index in [1.54, 1.807) is 0 Å². The van der Waals surface area contributed by atoms with Crippen molar-refractivity contribution in [2.75, 3.05) is 6.54 Å². The molecule has 0 unspecified atom stereocenters. The van der Waals surface area contributed by atoms with Crippen molar-refractivity contribution in [2.45, 2.75) is 19.9 Å². The molecule has 0 aliphatic heterocycles. The van der Waals surface area contributed by atoms with Crippen LogP contribution in [-0.2, 0) is 13.0 Å². The predicted octanol–water partition coefficient (Wildman–Crippen LogP) is 4.37. The fourth-order valence-electron chi connectivity index (χ4n) is 3.35. The van der Waals surface area contributed by atoms with Gasteiger partial charge in [0.05, 0.1) is 11.0 Å². The first kappa shape index (κ1) is 18.0. The molecular weight excluding hydrogens is 346 g/mol. The molecule has 1 N–H and O–H groups in total. The summed E-state index contributed by atoms with van der Waals surface area (Å²) in [7, 11) is 0. The number of imidazole rings is 1. The highest BCUT2D eigenvalue weighted by Gasteiger charge is 2.12. The molecule has 0 fully saturated rings. The van der Waals surface area contributed by atoms with Crippen molar-refractivity contribution in [3.63, 3.8) is 0 Å². The Bertz CT molecular complexity index is 1080. The molecule has 0 spiro atoms. The molecule has 4 nitrogen and oxygen atoms in total. The van der Waals surface area contributed by atoms with Crippen molar-refractivity contribution >= 4 is 16.9 Å². The summed E-state index contributed by atoms with van der Waals surface area (Å²) in [4.78, 5) is 17.1. The van der Waals surface area contributed by atoms with Crippen LogP contribution in [0.1, 0.15) is 27.3 Å². The molecule has 1 aromatic heterocycles. The molecule has 1 amide bonds. The molecule has 0 saturated carbocycles. The summed E-state index contributed by atoms with van der Waals surface area (Å²) in [6.07, 6.45) is 0.680. The zero-order valence-corrected chi connectivity index (χ0v) is 15.9. The molecule has 1 heterocycles. The summed E-state index contributed by atoms with van der Waals surface area (Å²) in [5.74, 6) is 0.928. The van der Waals surface area contributed by atoms with E-state index < -0.39 is 0 Å². The molecule has 4 rings (SSSR count). The zero-order chi connectivity index (χ0) is 19.3. The number of hydrogen-bond acceptors (Lipinski definition) is 2. The van der Waals surface area contributed by atoms with E-state index >= 15 is 0 Å². The summed E-state index contributed by atoms with van der Waals surface area (Å²) in [5.41, 5.74) is 5.27. The average Bonchev–Trinajstić information content (AvgIpc) is 3.07. The van der Waals surface area contributed by atoms with Crippen LogP contribution >= 0.6 is 0 Å². The number of hydrogen-bond donors (Lipinski definition) is 1. The second-order valence-electron chi connectivity index (χ2n) is 6.96. The van der Waals surface area contributed by atoms with Crippen LogP contribution in [0.15, 0.2) is 78.9 Å². The third kappa shape index (κ3) is 3.96. The van der Waals surface area contributed by atoms with E-state index in [1.807, 2.05) is 48.5 Å². The molecule has 0 radical (unpaired) electrons. The molecule has 4 heteroatoms. The Labute approximate surface area is 164 Å². The standard InChI is InChI=1S/C24H23N3O/c1-18-11-13-19(14-12-18)17-27-22-10-6-5-9-21(22)26-23(27)15-16-25-24(28)20-7-3-2-4-8-20/h2-14H,15-17H2,1H3,(H,25,28). The maximum atomic E-state index is 12.3. The first-order valence-electron chi connectivity index (χ1n) is 9.53. The van der Waals surface area contributed by atoms with Gasteiger partial charge >= 0.3 is 0 Å². The smallest absolute Gasteiger partial charge is 0.251 e. The molecule has 0 atom stereocenters. The minimum Gasteiger partial charge on any atom is -0.352 e. The van der Waals surface area contributed by atoms with Gasteiger partial charge in [0.2, 0.25) is 0 Å². The molecule has 140 valence electrons. The summed E-state index contributed by atoms with van der Waals surface area (Å²) >= 11 is 0. The highest BCUT2D eigenvalue weighted by atomic mass is 16.1. The Morgan fingerprint density at radius 1 is 0.929 bits per heavy atom. The summed E-state index contributed by atoms with van der Waals surface area (Å²) in [5, 5.41) is 3.00. The molecular formula is C24H23N3O. The number of amides is 1. The van der Waals surface area contributed by atoms with E-state index in [2.05, 4.69) is 47.1 Å². The summed E-state index contributed by atoms with van der Waals surface area (Å²) in [6.45, 7) is 3.41. The quantitative estimate of drug-likeness (QED) is 0.549. The second-order valence-corrected chi connectivity index (χ2v) is 6.96. The molecule has 0 aliphatic rings. The van der Waals surface area contributed by atoms with Gasteiger partial charge in [0, 0.05) is 25.1 Å². The van der Waals surface area contributed by atoms with Crippen molar-refractivity contribution in [1.29, 1.82) is 0 Å². The predicted molar refractivity (Wildman–Crippen MR) is 112 cm³/mol. The number of fused-ring (bicyclic) bond motifs is 1. The number of nitrogens with one attached hydrogen (secondary N) is 1. The van der Waals surface area contributed by atoms with E-state index in [0.717, 1.165) is 23.4 Å². The average molecular weight is 369 g/mol. The van der Waals surface area contributed by atoms with Gasteiger partial charge in [-0.3, -0.25) is 4.79 Å². The minimum absolute atomic E-state index is 0.0539. The minimum atomic E-state index is -0.0539. The van der Waals surface area contributed by atoms with Crippen LogP contribution in [0.5, 0.6) is 0 Å². The Morgan fingerprint density at radius 2 is 1.64 bits per heavy atom. The Balaban J connectivity index is 1.53. The fourth-order valence-corrected chi connectivity index (χ4v) is 3.35. The molecule has 3 aromatic carbocycles. The molecule has 4 aromatic rings. The fraction of sp³-hybridized carbons (Fsp3) is 0.167. The lowest BCUT2D eigenvalue weighted by Crippen LogP contribution is -2.26. The normalized spacial score (nSPS) is 10.9. The summed E-state index contributed by atoms with van der Waals surface area (Å²) < 4.78 is 2.24. The van der Waals surface area contributed by atoms with E-state index in [0.29, 0.717) is 18.5 Å². The lowest BCUT2D eigenvalue weighted by molar-refractivity contribution is 0.0954. The van der Waals surface area contributed by atoms with Crippen LogP contribution in [-0.4, -0.2) is 22.0 Å². The van der Waals surface area contributed by atoms with Crippen molar-refractivity contribution in [2.24, 2.45) is 0 Å². The van der Waals surface area contributed by atoms with E-state index in [1.165, 1.54) is 11.1 Å². The van der Waals surface area contributed by atoms with E-state index in [9.17, 15) is 4.79 Å².